The lowest BCUT2D eigenvalue weighted by Crippen LogP contribution is -2.29. The second-order valence-corrected chi connectivity index (χ2v) is 6.00. The number of ether oxygens (including phenoxy) is 1. The van der Waals surface area contributed by atoms with Crippen LogP contribution in [-0.4, -0.2) is 43.7 Å². The predicted molar refractivity (Wildman–Crippen MR) is 81.7 cm³/mol. The van der Waals surface area contributed by atoms with Gasteiger partial charge in [0.15, 0.2) is 5.69 Å². The van der Waals surface area contributed by atoms with E-state index in [0.717, 1.165) is 38.4 Å². The largest absolute Gasteiger partial charge is 0.461 e. The van der Waals surface area contributed by atoms with Gasteiger partial charge in [-0.05, 0) is 38.4 Å². The minimum absolute atomic E-state index is 0.118. The highest BCUT2D eigenvalue weighted by Gasteiger charge is 2.40. The molecule has 3 rings (SSSR count). The molecule has 1 aromatic heterocycles. The quantitative estimate of drug-likeness (QED) is 0.848. The Balaban J connectivity index is 1.84. The van der Waals surface area contributed by atoms with Gasteiger partial charge in [0.05, 0.1) is 12.2 Å². The van der Waals surface area contributed by atoms with E-state index in [4.69, 9.17) is 10.00 Å². The first-order valence-electron chi connectivity index (χ1n) is 7.71. The van der Waals surface area contributed by atoms with Gasteiger partial charge in [-0.15, -0.1) is 0 Å². The lowest BCUT2D eigenvalue weighted by Gasteiger charge is -2.23. The van der Waals surface area contributed by atoms with Crippen LogP contribution in [0.2, 0.25) is 0 Å². The Bertz CT molecular complexity index is 617. The van der Waals surface area contributed by atoms with Crippen LogP contribution in [-0.2, 0) is 4.74 Å². The average Bonchev–Trinajstić information content (AvgIpc) is 3.17. The maximum Gasteiger partial charge on any atom is 0.358 e. The maximum absolute atomic E-state index is 12.0. The lowest BCUT2D eigenvalue weighted by molar-refractivity contribution is 0.0519. The lowest BCUT2D eigenvalue weighted by atomic mass is 9.87. The van der Waals surface area contributed by atoms with E-state index in [1.807, 2.05) is 12.1 Å². The van der Waals surface area contributed by atoms with E-state index in [-0.39, 0.29) is 17.9 Å². The molecule has 0 radical (unpaired) electrons. The summed E-state index contributed by atoms with van der Waals surface area (Å²) in [6.07, 6.45) is 2.32. The minimum atomic E-state index is -0.530. The average molecular weight is 300 g/mol. The van der Waals surface area contributed by atoms with Crippen molar-refractivity contribution in [3.05, 3.63) is 23.4 Å². The second-order valence-electron chi connectivity index (χ2n) is 6.00. The van der Waals surface area contributed by atoms with Gasteiger partial charge >= 0.3 is 5.97 Å². The summed E-state index contributed by atoms with van der Waals surface area (Å²) in [6, 6.07) is 5.49. The molecule has 0 aromatic carbocycles. The molecule has 2 aliphatic heterocycles. The first kappa shape index (κ1) is 14.8. The Morgan fingerprint density at radius 1 is 1.55 bits per heavy atom. The highest BCUT2D eigenvalue weighted by atomic mass is 16.5. The molecule has 0 amide bonds. The second kappa shape index (κ2) is 5.93. The van der Waals surface area contributed by atoms with Gasteiger partial charge in [0.25, 0.3) is 0 Å². The molecule has 1 N–H and O–H groups in total. The van der Waals surface area contributed by atoms with Gasteiger partial charge in [-0.3, -0.25) is 0 Å². The number of hydrogen-bond donors (Lipinski definition) is 1. The Kier molecular flexibility index (Phi) is 3.99. The Morgan fingerprint density at radius 2 is 2.41 bits per heavy atom. The van der Waals surface area contributed by atoms with Gasteiger partial charge in [-0.1, -0.05) is 0 Å². The van der Waals surface area contributed by atoms with Gasteiger partial charge in [-0.2, -0.15) is 5.26 Å². The van der Waals surface area contributed by atoms with Crippen molar-refractivity contribution in [1.29, 1.82) is 5.26 Å². The fourth-order valence-electron chi connectivity index (χ4n) is 3.34. The summed E-state index contributed by atoms with van der Waals surface area (Å²) >= 11 is 0. The number of nitrogens with zero attached hydrogens (tertiary/aromatic N) is 3. The maximum atomic E-state index is 12.0. The molecule has 6 heteroatoms. The Hall–Kier alpha value is -2.13. The molecule has 6 nitrogen and oxygen atoms in total. The molecule has 0 saturated carbocycles. The van der Waals surface area contributed by atoms with Crippen molar-refractivity contribution in [2.45, 2.75) is 19.8 Å². The van der Waals surface area contributed by atoms with Crippen molar-refractivity contribution in [2.24, 2.45) is 5.41 Å². The zero-order valence-electron chi connectivity index (χ0n) is 12.8. The molecule has 1 atom stereocenters. The van der Waals surface area contributed by atoms with Gasteiger partial charge in [0.1, 0.15) is 11.9 Å². The predicted octanol–water partition coefficient (Wildman–Crippen LogP) is 1.32. The number of nitriles is 1. The fourth-order valence-corrected chi connectivity index (χ4v) is 3.34. The fraction of sp³-hybridized carbons (Fsp3) is 0.562. The number of carbonyl (C=O) groups is 1. The van der Waals surface area contributed by atoms with Crippen LogP contribution >= 0.6 is 0 Å². The summed E-state index contributed by atoms with van der Waals surface area (Å²) in [5, 5.41) is 12.6. The molecule has 0 aliphatic carbocycles. The summed E-state index contributed by atoms with van der Waals surface area (Å²) in [5.74, 6) is 0.225. The number of pyridine rings is 1. The third-order valence-electron chi connectivity index (χ3n) is 4.56. The molecule has 22 heavy (non-hydrogen) atoms. The van der Waals surface area contributed by atoms with Crippen LogP contribution < -0.4 is 10.2 Å². The van der Waals surface area contributed by atoms with E-state index in [9.17, 15) is 4.79 Å². The first-order chi connectivity index (χ1) is 10.7. The van der Waals surface area contributed by atoms with Crippen LogP contribution in [0.5, 0.6) is 0 Å². The van der Waals surface area contributed by atoms with E-state index in [2.05, 4.69) is 15.2 Å². The van der Waals surface area contributed by atoms with Crippen LogP contribution in [0.3, 0.4) is 0 Å². The van der Waals surface area contributed by atoms with Crippen molar-refractivity contribution >= 4 is 11.8 Å². The number of carbonyl (C=O) groups excluding carboxylic acids is 1. The summed E-state index contributed by atoms with van der Waals surface area (Å²) in [4.78, 5) is 18.6. The molecule has 2 saturated heterocycles. The highest BCUT2D eigenvalue weighted by molar-refractivity contribution is 5.90. The molecule has 2 aliphatic rings. The standard InChI is InChI=1S/C16H20N4O2/c1-2-22-15(21)14-12(9-17)3-4-13(19-14)20-8-6-16(11-20)5-7-18-10-16/h3-4,18H,2,5-8,10-11H2,1H3. The summed E-state index contributed by atoms with van der Waals surface area (Å²) < 4.78 is 5.00. The van der Waals surface area contributed by atoms with E-state index in [1.165, 1.54) is 6.42 Å². The molecule has 0 bridgehead atoms. The van der Waals surface area contributed by atoms with Gasteiger partial charge < -0.3 is 15.0 Å². The number of aromatic nitrogens is 1. The molecule has 116 valence electrons. The SMILES string of the molecule is CCOC(=O)c1nc(N2CCC3(CCNC3)C2)ccc1C#N. The molecule has 1 unspecified atom stereocenters. The first-order valence-corrected chi connectivity index (χ1v) is 7.71. The molecule has 1 spiro atoms. The number of esters is 1. The smallest absolute Gasteiger partial charge is 0.358 e. The zero-order valence-corrected chi connectivity index (χ0v) is 12.8. The van der Waals surface area contributed by atoms with Gasteiger partial charge in [0, 0.05) is 25.0 Å². The van der Waals surface area contributed by atoms with Gasteiger partial charge in [-0.25, -0.2) is 9.78 Å². The normalized spacial score (nSPS) is 23.7. The van der Waals surface area contributed by atoms with E-state index in [1.54, 1.807) is 13.0 Å². The third kappa shape index (κ3) is 2.64. The van der Waals surface area contributed by atoms with Crippen LogP contribution in [0.1, 0.15) is 35.8 Å². The molecule has 3 heterocycles. The van der Waals surface area contributed by atoms with E-state index >= 15 is 0 Å². The van der Waals surface area contributed by atoms with Crippen molar-refractivity contribution in [3.8, 4) is 6.07 Å². The summed E-state index contributed by atoms with van der Waals surface area (Å²) in [6.45, 7) is 6.01. The minimum Gasteiger partial charge on any atom is -0.461 e. The van der Waals surface area contributed by atoms with E-state index in [0.29, 0.717) is 5.41 Å². The monoisotopic (exact) mass is 300 g/mol. The molecular formula is C16H20N4O2. The summed E-state index contributed by atoms with van der Waals surface area (Å²) in [7, 11) is 0. The number of hydrogen-bond acceptors (Lipinski definition) is 6. The Morgan fingerprint density at radius 3 is 3.09 bits per heavy atom. The van der Waals surface area contributed by atoms with Crippen LogP contribution in [0.15, 0.2) is 12.1 Å². The van der Waals surface area contributed by atoms with Crippen molar-refractivity contribution in [2.75, 3.05) is 37.7 Å². The topological polar surface area (TPSA) is 78.2 Å². The Labute approximate surface area is 130 Å². The van der Waals surface area contributed by atoms with Crippen molar-refractivity contribution < 1.29 is 9.53 Å². The van der Waals surface area contributed by atoms with Crippen LogP contribution in [0, 0.1) is 16.7 Å². The third-order valence-corrected chi connectivity index (χ3v) is 4.56. The zero-order chi connectivity index (χ0) is 15.6. The van der Waals surface area contributed by atoms with Crippen molar-refractivity contribution in [3.63, 3.8) is 0 Å². The molecule has 1 aromatic rings. The van der Waals surface area contributed by atoms with Gasteiger partial charge in [0.2, 0.25) is 0 Å². The highest BCUT2D eigenvalue weighted by Crippen LogP contribution is 2.37. The van der Waals surface area contributed by atoms with E-state index < -0.39 is 5.97 Å². The number of rotatable bonds is 3. The number of nitrogens with one attached hydrogen (secondary N) is 1. The number of anilines is 1. The van der Waals surface area contributed by atoms with Crippen LogP contribution in [0.4, 0.5) is 5.82 Å². The molecule has 2 fully saturated rings. The van der Waals surface area contributed by atoms with Crippen molar-refractivity contribution in [1.82, 2.24) is 10.3 Å². The molecular weight excluding hydrogens is 280 g/mol. The van der Waals surface area contributed by atoms with Crippen LogP contribution in [0.25, 0.3) is 0 Å². The summed E-state index contributed by atoms with van der Waals surface area (Å²) in [5.41, 5.74) is 0.714.